The van der Waals surface area contributed by atoms with Crippen LogP contribution in [0.3, 0.4) is 0 Å². The molecule has 0 saturated carbocycles. The van der Waals surface area contributed by atoms with E-state index >= 15 is 0 Å². The number of hydrogen-bond donors (Lipinski definition) is 1. The smallest absolute Gasteiger partial charge is 0.187 e. The largest absolute Gasteiger partial charge is 0.354 e. The first-order valence-corrected chi connectivity index (χ1v) is 12.2. The predicted molar refractivity (Wildman–Crippen MR) is 132 cm³/mol. The van der Waals surface area contributed by atoms with Gasteiger partial charge in [-0.3, -0.25) is 9.19 Å². The van der Waals surface area contributed by atoms with Crippen LogP contribution >= 0.6 is 0 Å². The summed E-state index contributed by atoms with van der Waals surface area (Å²) in [4.78, 5) is 9.85. The van der Waals surface area contributed by atoms with Gasteiger partial charge in [0.1, 0.15) is 11.4 Å². The highest BCUT2D eigenvalue weighted by molar-refractivity contribution is 7.85. The third kappa shape index (κ3) is 5.61. The van der Waals surface area contributed by atoms with Crippen molar-refractivity contribution in [2.75, 3.05) is 0 Å². The monoisotopic (exact) mass is 460 g/mol. The van der Waals surface area contributed by atoms with Crippen molar-refractivity contribution in [3.8, 4) is 34.0 Å². The summed E-state index contributed by atoms with van der Waals surface area (Å²) in [6, 6.07) is 18.2. The molecule has 4 aromatic rings. The molecule has 0 aliphatic carbocycles. The van der Waals surface area contributed by atoms with E-state index in [1.54, 1.807) is 12.4 Å². The lowest BCUT2D eigenvalue weighted by atomic mass is 10.1. The minimum Gasteiger partial charge on any atom is -0.354 e. The minimum atomic E-state index is -1.02. The molecule has 2 aromatic carbocycles. The van der Waals surface area contributed by atoms with Crippen LogP contribution in [0.1, 0.15) is 33.3 Å². The summed E-state index contributed by atoms with van der Waals surface area (Å²) in [6.07, 6.45) is 3.37. The van der Waals surface area contributed by atoms with Crippen molar-refractivity contribution in [1.82, 2.24) is 20.4 Å². The van der Waals surface area contributed by atoms with Crippen molar-refractivity contribution >= 4 is 10.8 Å². The van der Waals surface area contributed by atoms with Crippen LogP contribution in [0.25, 0.3) is 34.0 Å². The second kappa shape index (κ2) is 10.2. The van der Waals surface area contributed by atoms with Crippen LogP contribution in [0.2, 0.25) is 0 Å². The van der Waals surface area contributed by atoms with E-state index in [9.17, 15) is 4.21 Å². The molecule has 0 aliphatic rings. The molecule has 0 radical (unpaired) electrons. The zero-order chi connectivity index (χ0) is 23.4. The van der Waals surface area contributed by atoms with Crippen LogP contribution in [-0.2, 0) is 17.3 Å². The lowest BCUT2D eigenvalue weighted by Crippen LogP contribution is -2.21. The molecule has 0 spiro atoms. The maximum Gasteiger partial charge on any atom is 0.187 e. The van der Waals surface area contributed by atoms with E-state index in [0.29, 0.717) is 23.2 Å². The van der Waals surface area contributed by atoms with Gasteiger partial charge in [-0.1, -0.05) is 69.2 Å². The first-order chi connectivity index (χ1) is 15.9. The normalized spacial score (nSPS) is 12.4. The lowest BCUT2D eigenvalue weighted by Gasteiger charge is -2.08. The predicted octanol–water partition coefficient (Wildman–Crippen LogP) is 5.48. The second-order valence-corrected chi connectivity index (χ2v) is 10.5. The Kier molecular flexibility index (Phi) is 7.11. The maximum atomic E-state index is 12.3. The minimum absolute atomic E-state index is 0.0764. The van der Waals surface area contributed by atoms with Gasteiger partial charge in [-0.15, -0.1) is 0 Å². The SMILES string of the molecule is CC(C)NCc1ccc(-c2cc(-c3cncc(-c4ccc(S(=O)C(C)C)cc4)n3)on2)cc1. The van der Waals surface area contributed by atoms with Crippen molar-refractivity contribution in [3.63, 3.8) is 0 Å². The number of nitrogens with one attached hydrogen (secondary N) is 1. The number of benzene rings is 2. The molecule has 0 amide bonds. The Morgan fingerprint density at radius 1 is 0.879 bits per heavy atom. The summed E-state index contributed by atoms with van der Waals surface area (Å²) >= 11 is 0. The van der Waals surface area contributed by atoms with Gasteiger partial charge in [0.15, 0.2) is 5.76 Å². The van der Waals surface area contributed by atoms with E-state index in [1.165, 1.54) is 5.56 Å². The quantitative estimate of drug-likeness (QED) is 0.375. The molecule has 33 heavy (non-hydrogen) atoms. The molecule has 6 nitrogen and oxygen atoms in total. The Bertz CT molecular complexity index is 1230. The van der Waals surface area contributed by atoms with Crippen LogP contribution in [0.5, 0.6) is 0 Å². The van der Waals surface area contributed by atoms with E-state index in [-0.39, 0.29) is 5.25 Å². The zero-order valence-corrected chi connectivity index (χ0v) is 20.1. The van der Waals surface area contributed by atoms with Gasteiger partial charge in [0.05, 0.1) is 28.9 Å². The molecule has 4 rings (SSSR count). The lowest BCUT2D eigenvalue weighted by molar-refractivity contribution is 0.433. The molecular weight excluding hydrogens is 432 g/mol. The van der Waals surface area contributed by atoms with Crippen molar-refractivity contribution in [3.05, 3.63) is 72.6 Å². The summed E-state index contributed by atoms with van der Waals surface area (Å²) in [7, 11) is -1.02. The fraction of sp³-hybridized carbons (Fsp3) is 0.269. The van der Waals surface area contributed by atoms with Crippen LogP contribution in [0.15, 0.2) is 76.4 Å². The average molecular weight is 461 g/mol. The molecule has 1 N–H and O–H groups in total. The van der Waals surface area contributed by atoms with Gasteiger partial charge in [0.2, 0.25) is 0 Å². The number of hydrogen-bond acceptors (Lipinski definition) is 6. The Morgan fingerprint density at radius 3 is 2.18 bits per heavy atom. The molecule has 2 aromatic heterocycles. The van der Waals surface area contributed by atoms with Crippen molar-refractivity contribution in [2.24, 2.45) is 0 Å². The Labute approximate surface area is 196 Å². The summed E-state index contributed by atoms with van der Waals surface area (Å²) in [5.41, 5.74) is 5.18. The van der Waals surface area contributed by atoms with Crippen LogP contribution in [-0.4, -0.2) is 30.6 Å². The second-order valence-electron chi connectivity index (χ2n) is 8.47. The van der Waals surface area contributed by atoms with Gasteiger partial charge in [0, 0.05) is 39.9 Å². The van der Waals surface area contributed by atoms with Crippen LogP contribution in [0.4, 0.5) is 0 Å². The molecule has 0 bridgehead atoms. The first-order valence-electron chi connectivity index (χ1n) is 11.0. The fourth-order valence-electron chi connectivity index (χ4n) is 3.30. The van der Waals surface area contributed by atoms with Crippen molar-refractivity contribution < 1.29 is 8.73 Å². The molecule has 1 unspecified atom stereocenters. The highest BCUT2D eigenvalue weighted by atomic mass is 32.2. The maximum absolute atomic E-state index is 12.3. The Hall–Kier alpha value is -3.16. The zero-order valence-electron chi connectivity index (χ0n) is 19.3. The molecule has 0 fully saturated rings. The van der Waals surface area contributed by atoms with E-state index < -0.39 is 10.8 Å². The number of nitrogens with zero attached hydrogens (tertiary/aromatic N) is 3. The highest BCUT2D eigenvalue weighted by Crippen LogP contribution is 2.27. The number of rotatable bonds is 8. The van der Waals surface area contributed by atoms with Crippen LogP contribution in [0, 0.1) is 0 Å². The van der Waals surface area contributed by atoms with Crippen LogP contribution < -0.4 is 5.32 Å². The summed E-state index contributed by atoms with van der Waals surface area (Å²) < 4.78 is 17.9. The molecule has 2 heterocycles. The molecule has 0 saturated heterocycles. The third-order valence-corrected chi connectivity index (χ3v) is 6.76. The first kappa shape index (κ1) is 23.0. The highest BCUT2D eigenvalue weighted by Gasteiger charge is 2.13. The Balaban J connectivity index is 1.52. The third-order valence-electron chi connectivity index (χ3n) is 5.17. The molecule has 0 aliphatic heterocycles. The standard InChI is InChI=1S/C26H28N4O2S/c1-17(2)28-14-19-5-7-20(8-6-19)23-13-26(32-30-23)25-16-27-15-24(29-25)21-9-11-22(12-10-21)33(31)18(3)4/h5-13,15-18,28H,14H2,1-4H3. The fourth-order valence-corrected chi connectivity index (χ4v) is 4.25. The van der Waals surface area contributed by atoms with Gasteiger partial charge in [0.25, 0.3) is 0 Å². The van der Waals surface area contributed by atoms with Gasteiger partial charge >= 0.3 is 0 Å². The van der Waals surface area contributed by atoms with E-state index in [4.69, 9.17) is 9.51 Å². The topological polar surface area (TPSA) is 80.9 Å². The average Bonchev–Trinajstić information content (AvgIpc) is 3.33. The van der Waals surface area contributed by atoms with E-state index in [1.807, 2.05) is 56.3 Å². The summed E-state index contributed by atoms with van der Waals surface area (Å²) in [6.45, 7) is 8.99. The van der Waals surface area contributed by atoms with E-state index in [0.717, 1.165) is 28.3 Å². The molecule has 7 heteroatoms. The molecule has 1 atom stereocenters. The van der Waals surface area contributed by atoms with Gasteiger partial charge in [-0.2, -0.15) is 0 Å². The van der Waals surface area contributed by atoms with Crippen molar-refractivity contribution in [1.29, 1.82) is 0 Å². The summed E-state index contributed by atoms with van der Waals surface area (Å²) in [5, 5.41) is 7.71. The Morgan fingerprint density at radius 2 is 1.52 bits per heavy atom. The van der Waals surface area contributed by atoms with E-state index in [2.05, 4.69) is 41.4 Å². The molecular formula is C26H28N4O2S. The van der Waals surface area contributed by atoms with Crippen molar-refractivity contribution in [2.45, 2.75) is 50.4 Å². The van der Waals surface area contributed by atoms with Gasteiger partial charge in [-0.25, -0.2) is 4.98 Å². The van der Waals surface area contributed by atoms with Gasteiger partial charge < -0.3 is 9.84 Å². The summed E-state index contributed by atoms with van der Waals surface area (Å²) in [5.74, 6) is 0.558. The number of aromatic nitrogens is 3. The molecule has 170 valence electrons. The van der Waals surface area contributed by atoms with Gasteiger partial charge in [-0.05, 0) is 17.7 Å².